The molecule has 0 radical (unpaired) electrons. The molecule has 0 aromatic heterocycles. The molecule has 0 spiro atoms. The molecule has 1 aromatic carbocycles. The van der Waals surface area contributed by atoms with E-state index in [1.165, 1.54) is 0 Å². The van der Waals surface area contributed by atoms with Crippen molar-refractivity contribution in [2.24, 2.45) is 0 Å². The summed E-state index contributed by atoms with van der Waals surface area (Å²) < 4.78 is 2.22. The fraction of sp³-hybridized carbons (Fsp3) is 0.333. The van der Waals surface area contributed by atoms with Crippen molar-refractivity contribution in [3.63, 3.8) is 0 Å². The summed E-state index contributed by atoms with van der Waals surface area (Å²) in [6.07, 6.45) is 1.72. The van der Waals surface area contributed by atoms with Crippen LogP contribution in [0.3, 0.4) is 0 Å². The minimum Gasteiger partial charge on any atom is -0.480 e. The first-order chi connectivity index (χ1) is 9.34. The summed E-state index contributed by atoms with van der Waals surface area (Å²) in [5, 5.41) is 14.4. The van der Waals surface area contributed by atoms with Gasteiger partial charge in [-0.15, -0.1) is 0 Å². The van der Waals surface area contributed by atoms with Gasteiger partial charge in [-0.2, -0.15) is 0 Å². The van der Waals surface area contributed by atoms with Gasteiger partial charge in [0, 0.05) is 13.4 Å². The third-order valence-electron chi connectivity index (χ3n) is 3.21. The predicted molar refractivity (Wildman–Crippen MR) is 85.9 cm³/mol. The van der Waals surface area contributed by atoms with Crippen LogP contribution in [0.25, 0.3) is 0 Å². The zero-order valence-corrected chi connectivity index (χ0v) is 14.9. The number of aliphatic carboxylic acids is 1. The van der Waals surface area contributed by atoms with Gasteiger partial charge in [-0.25, -0.2) is 9.59 Å². The molecule has 0 aliphatic heterocycles. The van der Waals surface area contributed by atoms with Crippen molar-refractivity contribution < 1.29 is 14.7 Å². The maximum absolute atomic E-state index is 12.0. The van der Waals surface area contributed by atoms with Gasteiger partial charge in [0.15, 0.2) is 0 Å². The van der Waals surface area contributed by atoms with Crippen LogP contribution in [-0.2, 0) is 4.79 Å². The highest BCUT2D eigenvalue weighted by Gasteiger charge is 2.45. The molecule has 0 saturated heterocycles. The van der Waals surface area contributed by atoms with Crippen molar-refractivity contribution in [1.82, 2.24) is 5.32 Å². The van der Waals surface area contributed by atoms with Gasteiger partial charge in [-0.1, -0.05) is 15.9 Å². The first-order valence-electron chi connectivity index (χ1n) is 5.81. The number of halogens is 3. The summed E-state index contributed by atoms with van der Waals surface area (Å²) in [6, 6.07) is 3.05. The van der Waals surface area contributed by atoms with Gasteiger partial charge in [0.2, 0.25) is 0 Å². The molecule has 0 bridgehead atoms. The Morgan fingerprint density at radius 1 is 1.15 bits per heavy atom. The number of hydrogen-bond acceptors (Lipinski definition) is 2. The number of nitrogens with one attached hydrogen (secondary N) is 2. The summed E-state index contributed by atoms with van der Waals surface area (Å²) in [5.74, 6) is -0.993. The van der Waals surface area contributed by atoms with Crippen molar-refractivity contribution in [2.75, 3.05) is 5.32 Å². The van der Waals surface area contributed by atoms with Gasteiger partial charge in [0.25, 0.3) is 0 Å². The number of benzene rings is 1. The molecule has 1 aliphatic carbocycles. The third-order valence-corrected chi connectivity index (χ3v) is 4.92. The van der Waals surface area contributed by atoms with E-state index in [-0.39, 0.29) is 0 Å². The molecule has 5 nitrogen and oxygen atoms in total. The molecule has 1 saturated carbocycles. The van der Waals surface area contributed by atoms with E-state index in [1.807, 2.05) is 0 Å². The lowest BCUT2D eigenvalue weighted by atomic mass is 9.77. The lowest BCUT2D eigenvalue weighted by molar-refractivity contribution is -0.148. The first kappa shape index (κ1) is 15.8. The van der Waals surface area contributed by atoms with E-state index in [9.17, 15) is 14.7 Å². The van der Waals surface area contributed by atoms with E-state index in [2.05, 4.69) is 58.4 Å². The summed E-state index contributed by atoms with van der Waals surface area (Å²) in [6.45, 7) is 0. The van der Waals surface area contributed by atoms with Crippen LogP contribution in [-0.4, -0.2) is 22.6 Å². The summed E-state index contributed by atoms with van der Waals surface area (Å²) in [7, 11) is 0. The average molecular weight is 471 g/mol. The van der Waals surface area contributed by atoms with E-state index in [1.54, 1.807) is 12.1 Å². The van der Waals surface area contributed by atoms with Crippen LogP contribution in [0.5, 0.6) is 0 Å². The fourth-order valence-corrected chi connectivity index (χ4v) is 4.40. The second-order valence-electron chi connectivity index (χ2n) is 4.56. The van der Waals surface area contributed by atoms with Crippen LogP contribution in [0.2, 0.25) is 0 Å². The average Bonchev–Trinajstić information content (AvgIpc) is 2.28. The minimum absolute atomic E-state index is 0.457. The van der Waals surface area contributed by atoms with E-state index in [0.717, 1.165) is 10.9 Å². The number of hydrogen-bond donors (Lipinski definition) is 3. The van der Waals surface area contributed by atoms with Gasteiger partial charge in [-0.3, -0.25) is 0 Å². The number of amides is 2. The molecule has 1 fully saturated rings. The molecule has 20 heavy (non-hydrogen) atoms. The fourth-order valence-electron chi connectivity index (χ4n) is 1.95. The number of carbonyl (C=O) groups is 2. The first-order valence-corrected chi connectivity index (χ1v) is 8.19. The Hall–Kier alpha value is -0.600. The van der Waals surface area contributed by atoms with Crippen LogP contribution >= 0.6 is 47.8 Å². The molecule has 8 heteroatoms. The number of carboxylic acid groups (broad SMARTS) is 1. The normalized spacial score (nSPS) is 16.1. The number of urea groups is 1. The number of anilines is 1. The Labute approximate surface area is 140 Å². The van der Waals surface area contributed by atoms with Crippen molar-refractivity contribution in [1.29, 1.82) is 0 Å². The van der Waals surface area contributed by atoms with Gasteiger partial charge < -0.3 is 15.7 Å². The number of carbonyl (C=O) groups excluding carboxylic acids is 1. The lowest BCUT2D eigenvalue weighted by Crippen LogP contribution is -2.60. The molecule has 108 valence electrons. The number of carboxylic acids is 1. The van der Waals surface area contributed by atoms with Crippen LogP contribution in [0.1, 0.15) is 19.3 Å². The van der Waals surface area contributed by atoms with Crippen LogP contribution in [0.15, 0.2) is 25.6 Å². The van der Waals surface area contributed by atoms with E-state index >= 15 is 0 Å². The van der Waals surface area contributed by atoms with Crippen molar-refractivity contribution in [3.05, 3.63) is 25.6 Å². The van der Waals surface area contributed by atoms with Gasteiger partial charge in [0.05, 0.1) is 5.69 Å². The summed E-state index contributed by atoms with van der Waals surface area (Å²) >= 11 is 10.0. The zero-order chi connectivity index (χ0) is 14.9. The molecule has 0 atom stereocenters. The van der Waals surface area contributed by atoms with E-state index in [0.29, 0.717) is 27.5 Å². The predicted octanol–water partition coefficient (Wildman–Crippen LogP) is 4.10. The molecular formula is C12H11Br3N2O3. The Bertz CT molecular complexity index is 550. The Balaban J connectivity index is 2.11. The molecule has 1 aliphatic rings. The molecule has 3 N–H and O–H groups in total. The highest BCUT2D eigenvalue weighted by molar-refractivity contribution is 9.11. The highest BCUT2D eigenvalue weighted by Crippen LogP contribution is 2.35. The Morgan fingerprint density at radius 3 is 2.10 bits per heavy atom. The van der Waals surface area contributed by atoms with Crippen LogP contribution in [0.4, 0.5) is 10.5 Å². The summed E-state index contributed by atoms with van der Waals surface area (Å²) in [4.78, 5) is 23.2. The quantitative estimate of drug-likeness (QED) is 0.622. The van der Waals surface area contributed by atoms with Crippen LogP contribution in [0, 0.1) is 0 Å². The monoisotopic (exact) mass is 468 g/mol. The number of rotatable bonds is 3. The lowest BCUT2D eigenvalue weighted by Gasteiger charge is -2.38. The highest BCUT2D eigenvalue weighted by atomic mass is 79.9. The Morgan fingerprint density at radius 2 is 1.70 bits per heavy atom. The molecule has 1 aromatic rings. The van der Waals surface area contributed by atoms with Gasteiger partial charge in [0.1, 0.15) is 5.54 Å². The molecular weight excluding hydrogens is 460 g/mol. The maximum Gasteiger partial charge on any atom is 0.329 e. The second kappa shape index (κ2) is 6.03. The van der Waals surface area contributed by atoms with Gasteiger partial charge in [-0.05, 0) is 63.3 Å². The maximum atomic E-state index is 12.0. The third kappa shape index (κ3) is 3.17. The van der Waals surface area contributed by atoms with Crippen LogP contribution < -0.4 is 10.6 Å². The molecule has 2 amide bonds. The van der Waals surface area contributed by atoms with Crippen molar-refractivity contribution in [2.45, 2.75) is 24.8 Å². The molecule has 0 heterocycles. The minimum atomic E-state index is -1.13. The van der Waals surface area contributed by atoms with Crippen molar-refractivity contribution >= 4 is 65.5 Å². The Kier molecular flexibility index (Phi) is 4.76. The van der Waals surface area contributed by atoms with Gasteiger partial charge >= 0.3 is 12.0 Å². The molecule has 2 rings (SSSR count). The van der Waals surface area contributed by atoms with E-state index < -0.39 is 17.5 Å². The SMILES string of the molecule is O=C(Nc1c(Br)cc(Br)cc1Br)NC1(C(=O)O)CCC1. The molecule has 0 unspecified atom stereocenters. The zero-order valence-electron chi connectivity index (χ0n) is 10.2. The second-order valence-corrected chi connectivity index (χ2v) is 7.19. The topological polar surface area (TPSA) is 78.4 Å². The van der Waals surface area contributed by atoms with Crippen molar-refractivity contribution in [3.8, 4) is 0 Å². The largest absolute Gasteiger partial charge is 0.480 e. The standard InChI is InChI=1S/C12H11Br3N2O3/c13-6-4-7(14)9(8(15)5-6)16-11(20)17-12(10(18)19)2-1-3-12/h4-5H,1-3H2,(H,18,19)(H2,16,17,20). The van der Waals surface area contributed by atoms with E-state index in [4.69, 9.17) is 0 Å². The summed E-state index contributed by atoms with van der Waals surface area (Å²) in [5.41, 5.74) is -0.580. The smallest absolute Gasteiger partial charge is 0.329 e.